The number of anilines is 2. The number of methoxy groups -OCH3 is 1. The molecule has 6 aliphatic rings. The molecule has 6 fully saturated rings. The number of nitrogens with two attached hydrogens (primary N) is 1. The predicted molar refractivity (Wildman–Crippen MR) is 106 cm³/mol. The van der Waals surface area contributed by atoms with Crippen LogP contribution in [0, 0.1) is 46.3 Å². The Kier molecular flexibility index (Phi) is 3.14. The fourth-order valence-corrected chi connectivity index (χ4v) is 8.48. The van der Waals surface area contributed by atoms with Crippen LogP contribution >= 0.6 is 0 Å². The van der Waals surface area contributed by atoms with Gasteiger partial charge in [0.25, 0.3) is 5.56 Å². The molecule has 6 saturated carbocycles. The minimum Gasteiger partial charge on any atom is -0.469 e. The Morgan fingerprint density at radius 2 is 1.47 bits per heavy atom. The highest BCUT2D eigenvalue weighted by atomic mass is 16.5. The van der Waals surface area contributed by atoms with Crippen LogP contribution in [0.2, 0.25) is 0 Å². The van der Waals surface area contributed by atoms with E-state index in [0.29, 0.717) is 19.4 Å². The number of aromatic nitrogens is 2. The molecule has 30 heavy (non-hydrogen) atoms. The van der Waals surface area contributed by atoms with E-state index in [1.807, 2.05) is 13.8 Å². The number of ether oxygens (including phenoxy) is 1. The highest BCUT2D eigenvalue weighted by Crippen LogP contribution is 3.10. The van der Waals surface area contributed by atoms with Crippen LogP contribution in [0.1, 0.15) is 26.7 Å². The van der Waals surface area contributed by atoms with E-state index >= 15 is 0 Å². The van der Waals surface area contributed by atoms with Gasteiger partial charge in [-0.15, -0.1) is 0 Å². The van der Waals surface area contributed by atoms with Crippen LogP contribution in [0.3, 0.4) is 0 Å². The molecule has 9 heteroatoms. The maximum Gasteiger partial charge on any atom is 0.332 e. The van der Waals surface area contributed by atoms with Gasteiger partial charge in [0.2, 0.25) is 5.91 Å². The first-order valence-corrected chi connectivity index (χ1v) is 10.9. The zero-order chi connectivity index (χ0) is 21.3. The molecular formula is C21H26N4O5. The fraction of sp³-hybridized carbons (Fsp3) is 0.714. The van der Waals surface area contributed by atoms with Gasteiger partial charge in [-0.2, -0.15) is 0 Å². The SMILES string of the molecule is CCCn1c(N)c(NC(=O)C23C4C5C2C2C3C4C52C(=O)OC)c(=O)n(CCC)c1=O. The van der Waals surface area contributed by atoms with E-state index in [1.54, 1.807) is 0 Å². The number of hydrogen-bond donors (Lipinski definition) is 2. The number of amides is 1. The van der Waals surface area contributed by atoms with Crippen molar-refractivity contribution in [2.75, 3.05) is 18.2 Å². The van der Waals surface area contributed by atoms with Crippen molar-refractivity contribution in [1.29, 1.82) is 0 Å². The number of esters is 1. The van der Waals surface area contributed by atoms with Crippen LogP contribution in [-0.4, -0.2) is 28.1 Å². The van der Waals surface area contributed by atoms with E-state index < -0.39 is 16.7 Å². The molecule has 1 amide bonds. The third-order valence-electron chi connectivity index (χ3n) is 9.16. The van der Waals surface area contributed by atoms with E-state index in [1.165, 1.54) is 11.7 Å². The largest absolute Gasteiger partial charge is 0.469 e. The van der Waals surface area contributed by atoms with E-state index in [4.69, 9.17) is 10.5 Å². The van der Waals surface area contributed by atoms with Gasteiger partial charge in [0.1, 0.15) is 11.5 Å². The fourth-order valence-electron chi connectivity index (χ4n) is 8.48. The molecule has 0 unspecified atom stereocenters. The van der Waals surface area contributed by atoms with Gasteiger partial charge in [-0.1, -0.05) is 13.8 Å². The standard InChI is InChI=1S/C21H26N4O5/c1-4-6-24-15(22)14(16(26)25(7-5-2)19(24)29)23-17(27)20-8-11-9(20)13-10(20)12(8)21(11,13)18(28)30-3/h8-13H,4-7,22H2,1-3H3,(H,23,27). The minimum atomic E-state index is -0.539. The summed E-state index contributed by atoms with van der Waals surface area (Å²) in [6.45, 7) is 4.46. The van der Waals surface area contributed by atoms with Gasteiger partial charge < -0.3 is 15.8 Å². The van der Waals surface area contributed by atoms with Crippen LogP contribution in [0.15, 0.2) is 9.59 Å². The second-order valence-corrected chi connectivity index (χ2v) is 9.62. The number of nitrogen functional groups attached to an aromatic ring is 1. The second kappa shape index (κ2) is 5.18. The lowest BCUT2D eigenvalue weighted by Gasteiger charge is -3.09. The van der Waals surface area contributed by atoms with Gasteiger partial charge in [-0.25, -0.2) is 4.79 Å². The van der Waals surface area contributed by atoms with Crippen molar-refractivity contribution < 1.29 is 14.3 Å². The topological polar surface area (TPSA) is 125 Å². The number of nitrogens with zero attached hydrogens (tertiary/aromatic N) is 2. The van der Waals surface area contributed by atoms with E-state index in [-0.39, 0.29) is 70.8 Å². The average Bonchev–Trinajstić information content (AvgIpc) is 2.76. The minimum absolute atomic E-state index is 0.0119. The van der Waals surface area contributed by atoms with E-state index in [9.17, 15) is 19.2 Å². The molecule has 6 aliphatic carbocycles. The lowest BCUT2D eigenvalue weighted by Crippen LogP contribution is -3.12. The molecule has 3 N–H and O–H groups in total. The molecule has 0 aromatic carbocycles. The Morgan fingerprint density at radius 3 is 1.97 bits per heavy atom. The summed E-state index contributed by atoms with van der Waals surface area (Å²) in [5.41, 5.74) is 4.46. The van der Waals surface area contributed by atoms with Crippen molar-refractivity contribution in [3.05, 3.63) is 20.8 Å². The van der Waals surface area contributed by atoms with Crippen molar-refractivity contribution >= 4 is 23.4 Å². The van der Waals surface area contributed by atoms with Crippen LogP contribution in [-0.2, 0) is 27.4 Å². The van der Waals surface area contributed by atoms with Gasteiger partial charge in [0, 0.05) is 13.1 Å². The number of hydrogen-bond acceptors (Lipinski definition) is 6. The lowest BCUT2D eigenvalue weighted by molar-refractivity contribution is -0.625. The Hall–Kier alpha value is -2.58. The molecular weight excluding hydrogens is 388 g/mol. The molecule has 0 atom stereocenters. The smallest absolute Gasteiger partial charge is 0.332 e. The molecule has 1 aromatic rings. The summed E-state index contributed by atoms with van der Waals surface area (Å²) in [6, 6.07) is 0. The summed E-state index contributed by atoms with van der Waals surface area (Å²) in [5.74, 6) is 1.19. The second-order valence-electron chi connectivity index (χ2n) is 9.62. The Balaban J connectivity index is 1.31. The van der Waals surface area contributed by atoms with Crippen LogP contribution < -0.4 is 22.3 Å². The molecule has 9 nitrogen and oxygen atoms in total. The molecule has 0 aliphatic heterocycles. The molecule has 0 saturated heterocycles. The summed E-state index contributed by atoms with van der Waals surface area (Å²) < 4.78 is 7.57. The van der Waals surface area contributed by atoms with Gasteiger partial charge >= 0.3 is 11.7 Å². The quantitative estimate of drug-likeness (QED) is 0.617. The zero-order valence-electron chi connectivity index (χ0n) is 17.3. The third kappa shape index (κ3) is 1.36. The Bertz CT molecular complexity index is 1090. The molecule has 0 spiro atoms. The lowest BCUT2D eigenvalue weighted by atomic mass is 8.92. The van der Waals surface area contributed by atoms with Crippen molar-refractivity contribution in [2.45, 2.75) is 39.8 Å². The van der Waals surface area contributed by atoms with Gasteiger partial charge in [0.05, 0.1) is 17.9 Å². The predicted octanol–water partition coefficient (Wildman–Crippen LogP) is 0.262. The normalized spacial score (nSPS) is 42.0. The summed E-state index contributed by atoms with van der Waals surface area (Å²) >= 11 is 0. The summed E-state index contributed by atoms with van der Waals surface area (Å²) in [5, 5.41) is 2.82. The Labute approximate surface area is 172 Å². The van der Waals surface area contributed by atoms with Crippen molar-refractivity contribution in [3.8, 4) is 0 Å². The molecule has 1 heterocycles. The summed E-state index contributed by atoms with van der Waals surface area (Å²) in [6.07, 6.45) is 1.30. The van der Waals surface area contributed by atoms with Crippen molar-refractivity contribution in [3.63, 3.8) is 0 Å². The van der Waals surface area contributed by atoms with Crippen LogP contribution in [0.25, 0.3) is 0 Å². The summed E-state index contributed by atoms with van der Waals surface area (Å²) in [4.78, 5) is 51.3. The maximum atomic E-state index is 13.3. The van der Waals surface area contributed by atoms with Crippen molar-refractivity contribution in [1.82, 2.24) is 9.13 Å². The maximum absolute atomic E-state index is 13.3. The number of nitrogens with one attached hydrogen (secondary N) is 1. The number of rotatable bonds is 7. The molecule has 0 bridgehead atoms. The molecule has 7 rings (SSSR count). The van der Waals surface area contributed by atoms with Crippen LogP contribution in [0.4, 0.5) is 11.5 Å². The van der Waals surface area contributed by atoms with Crippen molar-refractivity contribution in [2.24, 2.45) is 46.3 Å². The van der Waals surface area contributed by atoms with Crippen LogP contribution in [0.5, 0.6) is 0 Å². The third-order valence-corrected chi connectivity index (χ3v) is 9.16. The monoisotopic (exact) mass is 414 g/mol. The number of carbonyl (C=O) groups is 2. The molecule has 0 radical (unpaired) electrons. The first-order chi connectivity index (χ1) is 14.4. The number of carbonyl (C=O) groups excluding carboxylic acids is 2. The summed E-state index contributed by atoms with van der Waals surface area (Å²) in [7, 11) is 1.43. The van der Waals surface area contributed by atoms with Gasteiger partial charge in [0.15, 0.2) is 0 Å². The molecule has 160 valence electrons. The first kappa shape index (κ1) is 18.2. The average molecular weight is 414 g/mol. The van der Waals surface area contributed by atoms with Gasteiger partial charge in [-0.3, -0.25) is 23.5 Å². The zero-order valence-corrected chi connectivity index (χ0v) is 17.3. The molecule has 1 aromatic heterocycles. The van der Waals surface area contributed by atoms with E-state index in [2.05, 4.69) is 5.32 Å². The Morgan fingerprint density at radius 1 is 0.967 bits per heavy atom. The highest BCUT2D eigenvalue weighted by Gasteiger charge is 3.13. The first-order valence-electron chi connectivity index (χ1n) is 10.9. The van der Waals surface area contributed by atoms with Gasteiger partial charge in [-0.05, 0) is 48.3 Å². The van der Waals surface area contributed by atoms with E-state index in [0.717, 1.165) is 4.57 Å². The highest BCUT2D eigenvalue weighted by molar-refractivity contribution is 6.05.